The number of ether oxygens (including phenoxy) is 2. The SMILES string of the molecule is CCOC(C)c1noc(CC2COCCN2)n1. The van der Waals surface area contributed by atoms with Gasteiger partial charge in [-0.3, -0.25) is 0 Å². The summed E-state index contributed by atoms with van der Waals surface area (Å²) in [4.78, 5) is 4.32. The van der Waals surface area contributed by atoms with Crippen LogP contribution in [0, 0.1) is 0 Å². The third kappa shape index (κ3) is 3.49. The summed E-state index contributed by atoms with van der Waals surface area (Å²) in [6.45, 7) is 6.84. The van der Waals surface area contributed by atoms with Gasteiger partial charge < -0.3 is 19.3 Å². The lowest BCUT2D eigenvalue weighted by molar-refractivity contribution is 0.0682. The molecule has 1 saturated heterocycles. The van der Waals surface area contributed by atoms with Gasteiger partial charge >= 0.3 is 0 Å². The second-order valence-electron chi connectivity index (χ2n) is 4.07. The zero-order valence-electron chi connectivity index (χ0n) is 10.3. The van der Waals surface area contributed by atoms with E-state index in [2.05, 4.69) is 15.5 Å². The number of rotatable bonds is 5. The van der Waals surface area contributed by atoms with Crippen LogP contribution in [0.15, 0.2) is 4.52 Å². The highest BCUT2D eigenvalue weighted by atomic mass is 16.5. The molecule has 2 heterocycles. The minimum absolute atomic E-state index is 0.118. The lowest BCUT2D eigenvalue weighted by atomic mass is 10.2. The van der Waals surface area contributed by atoms with Crippen molar-refractivity contribution in [3.8, 4) is 0 Å². The van der Waals surface area contributed by atoms with Crippen molar-refractivity contribution in [2.75, 3.05) is 26.4 Å². The maximum absolute atomic E-state index is 5.41. The molecule has 1 aliphatic heterocycles. The highest BCUT2D eigenvalue weighted by Crippen LogP contribution is 2.13. The Kier molecular flexibility index (Phi) is 4.47. The molecule has 1 aliphatic rings. The fourth-order valence-corrected chi connectivity index (χ4v) is 1.80. The quantitative estimate of drug-likeness (QED) is 0.818. The third-order valence-electron chi connectivity index (χ3n) is 2.68. The first-order valence-electron chi connectivity index (χ1n) is 6.04. The van der Waals surface area contributed by atoms with E-state index in [0.29, 0.717) is 31.3 Å². The van der Waals surface area contributed by atoms with Gasteiger partial charge in [-0.05, 0) is 13.8 Å². The van der Waals surface area contributed by atoms with Gasteiger partial charge in [0.15, 0.2) is 5.82 Å². The van der Waals surface area contributed by atoms with Gasteiger partial charge in [0, 0.05) is 25.6 Å². The molecule has 2 rings (SSSR count). The van der Waals surface area contributed by atoms with Gasteiger partial charge in [-0.15, -0.1) is 0 Å². The summed E-state index contributed by atoms with van der Waals surface area (Å²) >= 11 is 0. The standard InChI is InChI=1S/C11H19N3O3/c1-3-16-8(2)11-13-10(17-14-11)6-9-7-15-5-4-12-9/h8-9,12H,3-7H2,1-2H3. The number of nitrogens with zero attached hydrogens (tertiary/aromatic N) is 2. The molecule has 17 heavy (non-hydrogen) atoms. The van der Waals surface area contributed by atoms with Gasteiger partial charge in [0.05, 0.1) is 13.2 Å². The predicted octanol–water partition coefficient (Wildman–Crippen LogP) is 0.698. The Morgan fingerprint density at radius 1 is 1.59 bits per heavy atom. The second kappa shape index (κ2) is 6.09. The van der Waals surface area contributed by atoms with Crippen molar-refractivity contribution >= 4 is 0 Å². The molecule has 0 aromatic carbocycles. The molecule has 0 amide bonds. The van der Waals surface area contributed by atoms with Gasteiger partial charge in [-0.1, -0.05) is 5.16 Å². The zero-order valence-corrected chi connectivity index (χ0v) is 10.3. The van der Waals surface area contributed by atoms with Crippen molar-refractivity contribution in [1.82, 2.24) is 15.5 Å². The Morgan fingerprint density at radius 3 is 3.18 bits per heavy atom. The molecular formula is C11H19N3O3. The van der Waals surface area contributed by atoms with Crippen molar-refractivity contribution in [2.24, 2.45) is 0 Å². The molecule has 2 unspecified atom stereocenters. The molecule has 0 saturated carbocycles. The first-order valence-corrected chi connectivity index (χ1v) is 6.04. The summed E-state index contributed by atoms with van der Waals surface area (Å²) in [5.74, 6) is 1.24. The molecule has 1 fully saturated rings. The number of aromatic nitrogens is 2. The van der Waals surface area contributed by atoms with E-state index in [0.717, 1.165) is 13.2 Å². The average Bonchev–Trinajstić information content (AvgIpc) is 2.79. The minimum Gasteiger partial charge on any atom is -0.378 e. The monoisotopic (exact) mass is 241 g/mol. The highest BCUT2D eigenvalue weighted by Gasteiger charge is 2.19. The van der Waals surface area contributed by atoms with Crippen molar-refractivity contribution in [1.29, 1.82) is 0 Å². The maximum Gasteiger partial charge on any atom is 0.228 e. The van der Waals surface area contributed by atoms with Gasteiger partial charge in [-0.25, -0.2) is 0 Å². The van der Waals surface area contributed by atoms with E-state index in [1.54, 1.807) is 0 Å². The van der Waals surface area contributed by atoms with Crippen LogP contribution >= 0.6 is 0 Å². The molecule has 0 radical (unpaired) electrons. The summed E-state index contributed by atoms with van der Waals surface area (Å²) < 4.78 is 16.0. The minimum atomic E-state index is -0.118. The molecular weight excluding hydrogens is 222 g/mol. The Bertz CT molecular complexity index is 336. The van der Waals surface area contributed by atoms with E-state index >= 15 is 0 Å². The summed E-state index contributed by atoms with van der Waals surface area (Å²) in [6.07, 6.45) is 0.583. The van der Waals surface area contributed by atoms with E-state index in [1.165, 1.54) is 0 Å². The first-order chi connectivity index (χ1) is 8.29. The van der Waals surface area contributed by atoms with Gasteiger partial charge in [0.25, 0.3) is 0 Å². The van der Waals surface area contributed by atoms with Crippen LogP contribution in [0.4, 0.5) is 0 Å². The van der Waals surface area contributed by atoms with Crippen LogP contribution in [0.1, 0.15) is 31.7 Å². The van der Waals surface area contributed by atoms with E-state index in [1.807, 2.05) is 13.8 Å². The van der Waals surface area contributed by atoms with Crippen LogP contribution in [0.2, 0.25) is 0 Å². The van der Waals surface area contributed by atoms with Crippen LogP contribution in [0.25, 0.3) is 0 Å². The Balaban J connectivity index is 1.88. The van der Waals surface area contributed by atoms with E-state index in [-0.39, 0.29) is 12.1 Å². The van der Waals surface area contributed by atoms with Gasteiger partial charge in [0.1, 0.15) is 6.10 Å². The maximum atomic E-state index is 5.41. The molecule has 2 atom stereocenters. The van der Waals surface area contributed by atoms with Crippen molar-refractivity contribution in [2.45, 2.75) is 32.4 Å². The molecule has 1 N–H and O–H groups in total. The third-order valence-corrected chi connectivity index (χ3v) is 2.68. The molecule has 0 spiro atoms. The molecule has 1 aromatic heterocycles. The zero-order chi connectivity index (χ0) is 12.1. The fraction of sp³-hybridized carbons (Fsp3) is 0.818. The van der Waals surface area contributed by atoms with Crippen LogP contribution in [-0.4, -0.2) is 42.5 Å². The number of morpholine rings is 1. The van der Waals surface area contributed by atoms with E-state index in [9.17, 15) is 0 Å². The van der Waals surface area contributed by atoms with E-state index < -0.39 is 0 Å². The van der Waals surface area contributed by atoms with Crippen molar-refractivity contribution in [3.05, 3.63) is 11.7 Å². The van der Waals surface area contributed by atoms with E-state index in [4.69, 9.17) is 14.0 Å². The largest absolute Gasteiger partial charge is 0.378 e. The van der Waals surface area contributed by atoms with Crippen LogP contribution in [0.5, 0.6) is 0 Å². The summed E-state index contributed by atoms with van der Waals surface area (Å²) in [7, 11) is 0. The number of hydrogen-bond donors (Lipinski definition) is 1. The second-order valence-corrected chi connectivity index (χ2v) is 4.07. The fourth-order valence-electron chi connectivity index (χ4n) is 1.80. The topological polar surface area (TPSA) is 69.4 Å². The summed E-state index contributed by atoms with van der Waals surface area (Å²) in [5.41, 5.74) is 0. The molecule has 6 nitrogen and oxygen atoms in total. The summed E-state index contributed by atoms with van der Waals surface area (Å²) in [5, 5.41) is 7.27. The lowest BCUT2D eigenvalue weighted by Crippen LogP contribution is -2.42. The Labute approximate surface area is 101 Å². The molecule has 96 valence electrons. The van der Waals surface area contributed by atoms with Crippen LogP contribution in [-0.2, 0) is 15.9 Å². The normalized spacial score (nSPS) is 22.6. The van der Waals surface area contributed by atoms with Crippen LogP contribution in [0.3, 0.4) is 0 Å². The molecule has 0 aliphatic carbocycles. The average molecular weight is 241 g/mol. The van der Waals surface area contributed by atoms with Crippen molar-refractivity contribution < 1.29 is 14.0 Å². The van der Waals surface area contributed by atoms with Crippen molar-refractivity contribution in [3.63, 3.8) is 0 Å². The number of nitrogens with one attached hydrogen (secondary N) is 1. The lowest BCUT2D eigenvalue weighted by Gasteiger charge is -2.22. The first kappa shape index (κ1) is 12.5. The highest BCUT2D eigenvalue weighted by molar-refractivity contribution is 4.92. The molecule has 0 bridgehead atoms. The van der Waals surface area contributed by atoms with Gasteiger partial charge in [0.2, 0.25) is 5.89 Å². The molecule has 6 heteroatoms. The van der Waals surface area contributed by atoms with Gasteiger partial charge in [-0.2, -0.15) is 4.98 Å². The van der Waals surface area contributed by atoms with Crippen LogP contribution < -0.4 is 5.32 Å². The number of hydrogen-bond acceptors (Lipinski definition) is 6. The molecule has 1 aromatic rings. The predicted molar refractivity (Wildman–Crippen MR) is 60.7 cm³/mol. The Hall–Kier alpha value is -0.980. The Morgan fingerprint density at radius 2 is 2.47 bits per heavy atom. The summed E-state index contributed by atoms with van der Waals surface area (Å²) in [6, 6.07) is 0.263. The smallest absolute Gasteiger partial charge is 0.228 e.